The highest BCUT2D eigenvalue weighted by Crippen LogP contribution is 2.52. The molecule has 6 heteroatoms. The average molecular weight is 234 g/mol. The number of carbonyl (C=O) groups excluding carboxylic acids is 1. The number of methoxy groups -OCH3 is 1. The fraction of sp³-hybridized carbons (Fsp3) is 0.889. The van der Waals surface area contributed by atoms with E-state index in [1.807, 2.05) is 0 Å². The van der Waals surface area contributed by atoms with Gasteiger partial charge in [-0.2, -0.15) is 0 Å². The van der Waals surface area contributed by atoms with Crippen molar-refractivity contribution in [1.29, 1.82) is 0 Å². The molecular weight excluding hydrogens is 220 g/mol. The second kappa shape index (κ2) is 3.18. The molecule has 1 heterocycles. The molecule has 1 saturated carbocycles. The average Bonchev–Trinajstić information content (AvgIpc) is 2.64. The number of epoxide rings is 1. The number of esters is 1. The summed E-state index contributed by atoms with van der Waals surface area (Å²) in [5.74, 6) is -0.467. The van der Waals surface area contributed by atoms with E-state index < -0.39 is 32.8 Å². The molecule has 86 valence electrons. The second-order valence-electron chi connectivity index (χ2n) is 4.19. The number of rotatable bonds is 2. The van der Waals surface area contributed by atoms with Crippen LogP contribution in [0.5, 0.6) is 0 Å². The molecule has 0 aromatic heterocycles. The first-order chi connectivity index (χ1) is 6.92. The quantitative estimate of drug-likeness (QED) is 0.492. The van der Waals surface area contributed by atoms with E-state index in [9.17, 15) is 13.2 Å². The Balaban J connectivity index is 2.21. The number of carbonyl (C=O) groups is 1. The van der Waals surface area contributed by atoms with Gasteiger partial charge in [-0.05, 0) is 19.3 Å². The summed E-state index contributed by atoms with van der Waals surface area (Å²) in [6, 6.07) is 0. The molecule has 0 amide bonds. The molecule has 0 bridgehead atoms. The zero-order chi connectivity index (χ0) is 11.3. The highest BCUT2D eigenvalue weighted by molar-refractivity contribution is 7.91. The van der Waals surface area contributed by atoms with Gasteiger partial charge in [-0.1, -0.05) is 0 Å². The van der Waals surface area contributed by atoms with E-state index in [4.69, 9.17) is 4.74 Å². The van der Waals surface area contributed by atoms with E-state index in [0.29, 0.717) is 12.8 Å². The van der Waals surface area contributed by atoms with Crippen molar-refractivity contribution in [2.45, 2.75) is 36.2 Å². The molecule has 0 radical (unpaired) electrons. The van der Waals surface area contributed by atoms with Crippen LogP contribution in [0.1, 0.15) is 19.3 Å². The number of hydrogen-bond acceptors (Lipinski definition) is 5. The molecule has 0 aromatic carbocycles. The molecule has 1 saturated heterocycles. The molecule has 0 aromatic rings. The smallest absolute Gasteiger partial charge is 0.338 e. The summed E-state index contributed by atoms with van der Waals surface area (Å²) in [5, 5.41) is -0.547. The van der Waals surface area contributed by atoms with E-state index in [2.05, 4.69) is 4.74 Å². The molecule has 1 aliphatic heterocycles. The Morgan fingerprint density at radius 2 is 2.20 bits per heavy atom. The number of sulfone groups is 1. The molecule has 2 rings (SSSR count). The van der Waals surface area contributed by atoms with Gasteiger partial charge in [-0.3, -0.25) is 0 Å². The van der Waals surface area contributed by atoms with Crippen LogP contribution in [0, 0.1) is 0 Å². The lowest BCUT2D eigenvalue weighted by Gasteiger charge is -2.13. The summed E-state index contributed by atoms with van der Waals surface area (Å²) >= 11 is 0. The minimum atomic E-state index is -3.16. The molecule has 1 spiro atoms. The molecule has 1 aliphatic carbocycles. The third-order valence-corrected chi connectivity index (χ3v) is 4.90. The van der Waals surface area contributed by atoms with E-state index in [1.54, 1.807) is 0 Å². The van der Waals surface area contributed by atoms with Crippen molar-refractivity contribution in [3.05, 3.63) is 0 Å². The maximum atomic E-state index is 11.5. The molecule has 5 nitrogen and oxygen atoms in total. The summed E-state index contributed by atoms with van der Waals surface area (Å²) in [6.45, 7) is 0. The van der Waals surface area contributed by atoms with Crippen molar-refractivity contribution in [3.8, 4) is 0 Å². The Morgan fingerprint density at radius 3 is 2.73 bits per heavy atom. The Kier molecular flexibility index (Phi) is 2.31. The normalized spacial score (nSPS) is 39.3. The van der Waals surface area contributed by atoms with Crippen molar-refractivity contribution in [2.24, 2.45) is 0 Å². The molecule has 15 heavy (non-hydrogen) atoms. The first kappa shape index (κ1) is 10.9. The Morgan fingerprint density at radius 1 is 1.53 bits per heavy atom. The molecule has 3 unspecified atom stereocenters. The molecule has 3 atom stereocenters. The monoisotopic (exact) mass is 234 g/mol. The Bertz CT molecular complexity index is 387. The van der Waals surface area contributed by atoms with E-state index in [1.165, 1.54) is 13.4 Å². The van der Waals surface area contributed by atoms with Gasteiger partial charge in [-0.25, -0.2) is 13.2 Å². The summed E-state index contributed by atoms with van der Waals surface area (Å²) < 4.78 is 32.9. The van der Waals surface area contributed by atoms with Crippen LogP contribution < -0.4 is 0 Å². The Hall–Kier alpha value is -0.620. The van der Waals surface area contributed by atoms with Gasteiger partial charge >= 0.3 is 5.97 Å². The second-order valence-corrected chi connectivity index (χ2v) is 6.41. The summed E-state index contributed by atoms with van der Waals surface area (Å²) in [7, 11) is -1.88. The maximum Gasteiger partial charge on any atom is 0.338 e. The van der Waals surface area contributed by atoms with Gasteiger partial charge in [0, 0.05) is 6.26 Å². The third-order valence-electron chi connectivity index (χ3n) is 3.23. The molecule has 2 aliphatic rings. The minimum absolute atomic E-state index is 0.467. The predicted octanol–water partition coefficient (Wildman–Crippen LogP) is -0.106. The highest BCUT2D eigenvalue weighted by Gasteiger charge is 2.69. The zero-order valence-corrected chi connectivity index (χ0v) is 9.54. The number of ether oxygens (including phenoxy) is 2. The zero-order valence-electron chi connectivity index (χ0n) is 8.73. The van der Waals surface area contributed by atoms with Crippen molar-refractivity contribution in [2.75, 3.05) is 13.4 Å². The van der Waals surface area contributed by atoms with Gasteiger partial charge in [0.2, 0.25) is 0 Å². The molecule has 2 fully saturated rings. The van der Waals surface area contributed by atoms with Crippen LogP contribution in [-0.4, -0.2) is 44.7 Å². The van der Waals surface area contributed by atoms with Crippen molar-refractivity contribution < 1.29 is 22.7 Å². The van der Waals surface area contributed by atoms with Crippen molar-refractivity contribution in [3.63, 3.8) is 0 Å². The van der Waals surface area contributed by atoms with Crippen LogP contribution in [0.3, 0.4) is 0 Å². The van der Waals surface area contributed by atoms with Crippen LogP contribution in [0.4, 0.5) is 0 Å². The Labute approximate surface area is 88.7 Å². The minimum Gasteiger partial charge on any atom is -0.467 e. The van der Waals surface area contributed by atoms with Gasteiger partial charge in [0.1, 0.15) is 5.60 Å². The first-order valence-corrected chi connectivity index (χ1v) is 6.82. The SMILES string of the molecule is COC(=O)C1OC12CCCC2S(C)(=O)=O. The van der Waals surface area contributed by atoms with E-state index in [-0.39, 0.29) is 0 Å². The highest BCUT2D eigenvalue weighted by atomic mass is 32.2. The maximum absolute atomic E-state index is 11.5. The summed E-state index contributed by atoms with van der Waals surface area (Å²) in [6.07, 6.45) is 2.51. The van der Waals surface area contributed by atoms with Crippen LogP contribution in [0.2, 0.25) is 0 Å². The van der Waals surface area contributed by atoms with Gasteiger partial charge in [0.15, 0.2) is 15.9 Å². The van der Waals surface area contributed by atoms with Crippen LogP contribution in [0.25, 0.3) is 0 Å². The van der Waals surface area contributed by atoms with E-state index >= 15 is 0 Å². The van der Waals surface area contributed by atoms with Gasteiger partial charge in [-0.15, -0.1) is 0 Å². The lowest BCUT2D eigenvalue weighted by Crippen LogP contribution is -2.35. The predicted molar refractivity (Wildman–Crippen MR) is 52.1 cm³/mol. The lowest BCUT2D eigenvalue weighted by molar-refractivity contribution is -0.142. The van der Waals surface area contributed by atoms with Crippen LogP contribution in [-0.2, 0) is 24.1 Å². The van der Waals surface area contributed by atoms with Gasteiger partial charge in [0.25, 0.3) is 0 Å². The fourth-order valence-corrected chi connectivity index (χ4v) is 4.14. The summed E-state index contributed by atoms with van der Waals surface area (Å²) in [4.78, 5) is 11.3. The number of hydrogen-bond donors (Lipinski definition) is 0. The van der Waals surface area contributed by atoms with Crippen LogP contribution in [0.15, 0.2) is 0 Å². The lowest BCUT2D eigenvalue weighted by atomic mass is 10.0. The van der Waals surface area contributed by atoms with Gasteiger partial charge < -0.3 is 9.47 Å². The van der Waals surface area contributed by atoms with E-state index in [0.717, 1.165) is 6.42 Å². The molecule has 0 N–H and O–H groups in total. The standard InChI is InChI=1S/C9H14O5S/c1-13-8(10)7-9(14-7)5-3-4-6(9)15(2,11)12/h6-7H,3-5H2,1-2H3. The topological polar surface area (TPSA) is 73.0 Å². The largest absolute Gasteiger partial charge is 0.467 e. The summed E-state index contributed by atoms with van der Waals surface area (Å²) in [5.41, 5.74) is -0.777. The fourth-order valence-electron chi connectivity index (χ4n) is 2.52. The van der Waals surface area contributed by atoms with Crippen molar-refractivity contribution in [1.82, 2.24) is 0 Å². The first-order valence-electron chi connectivity index (χ1n) is 4.86. The van der Waals surface area contributed by atoms with Crippen LogP contribution >= 0.6 is 0 Å². The van der Waals surface area contributed by atoms with Gasteiger partial charge in [0.05, 0.1) is 12.4 Å². The third kappa shape index (κ3) is 1.56. The molecular formula is C9H14O5S. The van der Waals surface area contributed by atoms with Crippen molar-refractivity contribution >= 4 is 15.8 Å².